The quantitative estimate of drug-likeness (QED) is 0.245. The average Bonchev–Trinajstić information content (AvgIpc) is 3.08. The molecule has 178 valence electrons. The summed E-state index contributed by atoms with van der Waals surface area (Å²) in [6.07, 6.45) is 0. The largest absolute Gasteiger partial charge is 0.497 e. The lowest BCUT2D eigenvalue weighted by atomic mass is 10.2. The SMILES string of the molecule is COc1ccc(OC)c(N2C(=O)C(Cl)=C(Nc3ccc(C(=O)Oc4ccc(Br)cc4)cc3)C2=O)c1. The van der Waals surface area contributed by atoms with E-state index in [9.17, 15) is 14.4 Å². The van der Waals surface area contributed by atoms with E-state index in [0.29, 0.717) is 28.5 Å². The number of anilines is 2. The molecular formula is C25H18BrClN2O6. The van der Waals surface area contributed by atoms with Crippen molar-refractivity contribution in [2.24, 2.45) is 0 Å². The van der Waals surface area contributed by atoms with Gasteiger partial charge >= 0.3 is 5.97 Å². The van der Waals surface area contributed by atoms with Crippen LogP contribution in [0.3, 0.4) is 0 Å². The minimum Gasteiger partial charge on any atom is -0.497 e. The molecule has 1 aliphatic rings. The van der Waals surface area contributed by atoms with Crippen LogP contribution in [-0.4, -0.2) is 32.0 Å². The van der Waals surface area contributed by atoms with Gasteiger partial charge in [0.15, 0.2) is 0 Å². The van der Waals surface area contributed by atoms with Crippen molar-refractivity contribution in [2.75, 3.05) is 24.4 Å². The molecule has 4 rings (SSSR count). The van der Waals surface area contributed by atoms with Gasteiger partial charge in [-0.1, -0.05) is 27.5 Å². The minimum atomic E-state index is -0.708. The maximum Gasteiger partial charge on any atom is 0.343 e. The number of carbonyl (C=O) groups excluding carboxylic acids is 3. The van der Waals surface area contributed by atoms with E-state index in [1.54, 1.807) is 48.5 Å². The Labute approximate surface area is 214 Å². The van der Waals surface area contributed by atoms with Crippen LogP contribution in [0.5, 0.6) is 17.2 Å². The second-order valence-electron chi connectivity index (χ2n) is 7.22. The third-order valence-corrected chi connectivity index (χ3v) is 5.95. The Hall–Kier alpha value is -3.82. The summed E-state index contributed by atoms with van der Waals surface area (Å²) in [4.78, 5) is 39.3. The van der Waals surface area contributed by atoms with Gasteiger partial charge in [-0.2, -0.15) is 0 Å². The lowest BCUT2D eigenvalue weighted by Gasteiger charge is -2.19. The highest BCUT2D eigenvalue weighted by Gasteiger charge is 2.40. The van der Waals surface area contributed by atoms with E-state index in [1.807, 2.05) is 0 Å². The number of nitrogens with zero attached hydrogens (tertiary/aromatic N) is 1. The van der Waals surface area contributed by atoms with Crippen LogP contribution < -0.4 is 24.4 Å². The van der Waals surface area contributed by atoms with Crippen LogP contribution in [0.2, 0.25) is 0 Å². The molecule has 1 heterocycles. The number of methoxy groups -OCH3 is 2. The molecule has 0 unspecified atom stereocenters. The van der Waals surface area contributed by atoms with Crippen LogP contribution in [0.1, 0.15) is 10.4 Å². The Balaban J connectivity index is 1.51. The second kappa shape index (κ2) is 10.2. The Morgan fingerprint density at radius 3 is 2.17 bits per heavy atom. The molecule has 0 atom stereocenters. The smallest absolute Gasteiger partial charge is 0.343 e. The van der Waals surface area contributed by atoms with Gasteiger partial charge in [0, 0.05) is 16.2 Å². The van der Waals surface area contributed by atoms with Crippen molar-refractivity contribution in [1.82, 2.24) is 0 Å². The molecule has 2 amide bonds. The number of benzene rings is 3. The van der Waals surface area contributed by atoms with Gasteiger partial charge in [0.25, 0.3) is 11.8 Å². The zero-order valence-electron chi connectivity index (χ0n) is 18.5. The molecular weight excluding hydrogens is 540 g/mol. The highest BCUT2D eigenvalue weighted by atomic mass is 79.9. The Bertz CT molecular complexity index is 1340. The standard InChI is InChI=1S/C25H18BrClN2O6/c1-33-18-11-12-20(34-2)19(13-18)29-23(30)21(27)22(24(29)31)28-16-7-3-14(4-8-16)25(32)35-17-9-5-15(26)6-10-17/h3-13,28H,1-2H3. The first kappa shape index (κ1) is 24.3. The predicted octanol–water partition coefficient (Wildman–Crippen LogP) is 5.12. The molecule has 0 fully saturated rings. The molecule has 0 saturated heterocycles. The van der Waals surface area contributed by atoms with Gasteiger partial charge in [0.1, 0.15) is 28.0 Å². The van der Waals surface area contributed by atoms with E-state index in [-0.39, 0.29) is 16.4 Å². The third kappa shape index (κ3) is 5.01. The first-order valence-corrected chi connectivity index (χ1v) is 11.3. The van der Waals surface area contributed by atoms with E-state index in [1.165, 1.54) is 32.4 Å². The molecule has 0 saturated carbocycles. The van der Waals surface area contributed by atoms with Crippen molar-refractivity contribution in [3.8, 4) is 17.2 Å². The first-order chi connectivity index (χ1) is 16.8. The van der Waals surface area contributed by atoms with Crippen LogP contribution in [0.15, 0.2) is 81.9 Å². The van der Waals surface area contributed by atoms with Crippen molar-refractivity contribution >= 4 is 56.7 Å². The van der Waals surface area contributed by atoms with Crippen molar-refractivity contribution in [1.29, 1.82) is 0 Å². The predicted molar refractivity (Wildman–Crippen MR) is 134 cm³/mol. The van der Waals surface area contributed by atoms with Gasteiger partial charge in [-0.3, -0.25) is 9.59 Å². The normalized spacial score (nSPS) is 13.2. The zero-order valence-corrected chi connectivity index (χ0v) is 20.8. The summed E-state index contributed by atoms with van der Waals surface area (Å²) >= 11 is 9.55. The zero-order chi connectivity index (χ0) is 25.1. The number of hydrogen-bond acceptors (Lipinski definition) is 7. The van der Waals surface area contributed by atoms with E-state index >= 15 is 0 Å². The van der Waals surface area contributed by atoms with E-state index < -0.39 is 17.8 Å². The summed E-state index contributed by atoms with van der Waals surface area (Å²) in [5.41, 5.74) is 0.837. The summed E-state index contributed by atoms with van der Waals surface area (Å²) in [7, 11) is 2.89. The van der Waals surface area contributed by atoms with Gasteiger partial charge in [-0.25, -0.2) is 9.69 Å². The van der Waals surface area contributed by atoms with Gasteiger partial charge < -0.3 is 19.5 Å². The van der Waals surface area contributed by atoms with Crippen molar-refractivity contribution in [3.63, 3.8) is 0 Å². The molecule has 3 aromatic carbocycles. The van der Waals surface area contributed by atoms with Crippen LogP contribution in [0.25, 0.3) is 0 Å². The number of halogens is 2. The molecule has 3 aromatic rings. The lowest BCUT2D eigenvalue weighted by molar-refractivity contribution is -0.120. The lowest BCUT2D eigenvalue weighted by Crippen LogP contribution is -2.32. The Kier molecular flexibility index (Phi) is 7.09. The molecule has 1 N–H and O–H groups in total. The molecule has 0 spiro atoms. The molecule has 0 radical (unpaired) electrons. The third-order valence-electron chi connectivity index (χ3n) is 5.07. The number of hydrogen-bond donors (Lipinski definition) is 1. The van der Waals surface area contributed by atoms with Gasteiger partial charge in [0.2, 0.25) is 0 Å². The number of esters is 1. The summed E-state index contributed by atoms with van der Waals surface area (Å²) in [5, 5.41) is 2.59. The van der Waals surface area contributed by atoms with Crippen LogP contribution in [-0.2, 0) is 9.59 Å². The summed E-state index contributed by atoms with van der Waals surface area (Å²) < 4.78 is 16.7. The highest BCUT2D eigenvalue weighted by Crippen LogP contribution is 2.38. The molecule has 0 bridgehead atoms. The van der Waals surface area contributed by atoms with Gasteiger partial charge in [0.05, 0.1) is 25.5 Å². The fourth-order valence-corrected chi connectivity index (χ4v) is 3.78. The number of amides is 2. The van der Waals surface area contributed by atoms with Crippen molar-refractivity contribution in [2.45, 2.75) is 0 Å². The summed E-state index contributed by atoms with van der Waals surface area (Å²) in [5.74, 6) is -0.776. The fraction of sp³-hybridized carbons (Fsp3) is 0.0800. The highest BCUT2D eigenvalue weighted by molar-refractivity contribution is 9.10. The van der Waals surface area contributed by atoms with E-state index in [4.69, 9.17) is 25.8 Å². The summed E-state index contributed by atoms with van der Waals surface area (Å²) in [6.45, 7) is 0. The number of carbonyl (C=O) groups is 3. The maximum atomic E-state index is 13.1. The molecule has 10 heteroatoms. The molecule has 0 aliphatic carbocycles. The number of rotatable bonds is 7. The molecule has 8 nitrogen and oxygen atoms in total. The average molecular weight is 558 g/mol. The fourth-order valence-electron chi connectivity index (χ4n) is 3.30. The topological polar surface area (TPSA) is 94.2 Å². The number of ether oxygens (including phenoxy) is 3. The monoisotopic (exact) mass is 556 g/mol. The maximum absolute atomic E-state index is 13.1. The minimum absolute atomic E-state index is 0.105. The Morgan fingerprint density at radius 1 is 0.886 bits per heavy atom. The van der Waals surface area contributed by atoms with Crippen LogP contribution in [0, 0.1) is 0 Å². The first-order valence-electron chi connectivity index (χ1n) is 10.2. The van der Waals surface area contributed by atoms with Crippen LogP contribution in [0.4, 0.5) is 11.4 Å². The second-order valence-corrected chi connectivity index (χ2v) is 8.51. The van der Waals surface area contributed by atoms with E-state index in [0.717, 1.165) is 9.37 Å². The van der Waals surface area contributed by atoms with Gasteiger partial charge in [-0.05, 0) is 60.7 Å². The molecule has 0 aromatic heterocycles. The van der Waals surface area contributed by atoms with Crippen LogP contribution >= 0.6 is 27.5 Å². The Morgan fingerprint density at radius 2 is 1.54 bits per heavy atom. The van der Waals surface area contributed by atoms with Gasteiger partial charge in [-0.15, -0.1) is 0 Å². The van der Waals surface area contributed by atoms with Crippen molar-refractivity contribution in [3.05, 3.63) is 87.5 Å². The molecule has 1 aliphatic heterocycles. The number of nitrogens with one attached hydrogen (secondary N) is 1. The summed E-state index contributed by atoms with van der Waals surface area (Å²) in [6, 6.07) is 17.8. The number of imide groups is 1. The van der Waals surface area contributed by atoms with E-state index in [2.05, 4.69) is 21.2 Å². The molecule has 35 heavy (non-hydrogen) atoms. The van der Waals surface area contributed by atoms with Crippen molar-refractivity contribution < 1.29 is 28.6 Å².